The van der Waals surface area contributed by atoms with Gasteiger partial charge in [-0.15, -0.1) is 0 Å². The fourth-order valence-electron chi connectivity index (χ4n) is 2.03. The summed E-state index contributed by atoms with van der Waals surface area (Å²) in [5, 5.41) is 3.11. The first-order valence-electron chi connectivity index (χ1n) is 6.14. The molecule has 0 radical (unpaired) electrons. The Kier molecular flexibility index (Phi) is 5.22. The topological polar surface area (TPSA) is 53.6 Å². The van der Waals surface area contributed by atoms with Crippen molar-refractivity contribution in [3.05, 3.63) is 24.4 Å². The van der Waals surface area contributed by atoms with Crippen molar-refractivity contribution in [2.75, 3.05) is 20.1 Å². The van der Waals surface area contributed by atoms with Gasteiger partial charge in [0.2, 0.25) is 0 Å². The zero-order chi connectivity index (χ0) is 12.8. The number of aliphatic imine (C=N–C) groups is 1. The van der Waals surface area contributed by atoms with Gasteiger partial charge in [0, 0.05) is 24.2 Å². The number of hydrogen-bond acceptors (Lipinski definition) is 2. The molecule has 0 saturated carbocycles. The molecule has 4 heteroatoms. The number of guanidine groups is 1. The number of allylic oxidation sites excluding steroid dienone is 2. The number of rotatable bonds is 4. The third kappa shape index (κ3) is 4.61. The maximum Gasteiger partial charge on any atom is 0.193 e. The van der Waals surface area contributed by atoms with Crippen LogP contribution in [0.5, 0.6) is 0 Å². The Morgan fingerprint density at radius 2 is 2.29 bits per heavy atom. The van der Waals surface area contributed by atoms with Gasteiger partial charge in [-0.3, -0.25) is 0 Å². The lowest BCUT2D eigenvalue weighted by Crippen LogP contribution is -2.37. The van der Waals surface area contributed by atoms with E-state index in [1.807, 2.05) is 19.9 Å². The number of nitrogens with zero attached hydrogens (tertiary/aromatic N) is 2. The molecule has 1 heterocycles. The highest BCUT2D eigenvalue weighted by molar-refractivity contribution is 5.79. The van der Waals surface area contributed by atoms with Crippen LogP contribution >= 0.6 is 0 Å². The van der Waals surface area contributed by atoms with Crippen LogP contribution in [-0.4, -0.2) is 37.0 Å². The molecule has 1 saturated heterocycles. The van der Waals surface area contributed by atoms with Crippen LogP contribution in [0.1, 0.15) is 20.3 Å². The fraction of sp³-hybridized carbons (Fsp3) is 0.615. The highest BCUT2D eigenvalue weighted by Crippen LogP contribution is 2.23. The lowest BCUT2D eigenvalue weighted by atomic mass is 10.0. The average molecular weight is 236 g/mol. The first-order chi connectivity index (χ1) is 8.02. The van der Waals surface area contributed by atoms with Gasteiger partial charge < -0.3 is 16.0 Å². The van der Waals surface area contributed by atoms with E-state index >= 15 is 0 Å². The summed E-state index contributed by atoms with van der Waals surface area (Å²) in [6.07, 6.45) is 4.87. The monoisotopic (exact) mass is 236 g/mol. The van der Waals surface area contributed by atoms with Gasteiger partial charge in [0.25, 0.3) is 0 Å². The van der Waals surface area contributed by atoms with Gasteiger partial charge >= 0.3 is 0 Å². The highest BCUT2D eigenvalue weighted by atomic mass is 15.1. The molecule has 0 aromatic carbocycles. The standard InChI is InChI=1S/C13H24N4/c1-5-6-12(11-7-8-17(4)9-11)16-13(14)15-10(2)3/h5-6,10-11H,1,7-9H2,2-4H3,(H3,14,15,16)/b12-6-. The van der Waals surface area contributed by atoms with Gasteiger partial charge in [0.1, 0.15) is 0 Å². The minimum Gasteiger partial charge on any atom is -0.370 e. The summed E-state index contributed by atoms with van der Waals surface area (Å²) in [6, 6.07) is 0.301. The Hall–Kier alpha value is -1.29. The Labute approximate surface area is 104 Å². The summed E-state index contributed by atoms with van der Waals surface area (Å²) >= 11 is 0. The summed E-state index contributed by atoms with van der Waals surface area (Å²) < 4.78 is 0. The Balaban J connectivity index is 2.73. The molecule has 1 aliphatic rings. The Morgan fingerprint density at radius 1 is 1.59 bits per heavy atom. The van der Waals surface area contributed by atoms with Gasteiger partial charge in [-0.05, 0) is 39.9 Å². The molecule has 1 fully saturated rings. The van der Waals surface area contributed by atoms with Crippen molar-refractivity contribution in [1.82, 2.24) is 10.2 Å². The predicted octanol–water partition coefficient (Wildman–Crippen LogP) is 1.32. The molecule has 96 valence electrons. The largest absolute Gasteiger partial charge is 0.370 e. The van der Waals surface area contributed by atoms with E-state index in [4.69, 9.17) is 5.73 Å². The van der Waals surface area contributed by atoms with Crippen molar-refractivity contribution in [1.29, 1.82) is 0 Å². The summed E-state index contributed by atoms with van der Waals surface area (Å²) in [5.74, 6) is 0.952. The van der Waals surface area contributed by atoms with E-state index in [0.717, 1.165) is 25.2 Å². The lowest BCUT2D eigenvalue weighted by Gasteiger charge is -2.14. The molecule has 1 unspecified atom stereocenters. The molecule has 3 N–H and O–H groups in total. The van der Waals surface area contributed by atoms with Gasteiger partial charge in [-0.2, -0.15) is 0 Å². The van der Waals surface area contributed by atoms with Crippen molar-refractivity contribution < 1.29 is 0 Å². The minimum atomic E-state index is 0.301. The summed E-state index contributed by atoms with van der Waals surface area (Å²) in [6.45, 7) is 9.98. The number of likely N-dealkylation sites (tertiary alicyclic amines) is 1. The van der Waals surface area contributed by atoms with E-state index in [1.54, 1.807) is 6.08 Å². The van der Waals surface area contributed by atoms with Crippen LogP contribution < -0.4 is 11.1 Å². The average Bonchev–Trinajstić information content (AvgIpc) is 2.63. The molecular weight excluding hydrogens is 212 g/mol. The van der Waals surface area contributed by atoms with Crippen LogP contribution in [0.3, 0.4) is 0 Å². The van der Waals surface area contributed by atoms with E-state index in [1.165, 1.54) is 0 Å². The molecule has 0 aliphatic carbocycles. The van der Waals surface area contributed by atoms with Crippen LogP contribution in [-0.2, 0) is 0 Å². The number of nitrogens with one attached hydrogen (secondary N) is 1. The first kappa shape index (κ1) is 13.8. The van der Waals surface area contributed by atoms with E-state index in [-0.39, 0.29) is 0 Å². The summed E-state index contributed by atoms with van der Waals surface area (Å²) in [7, 11) is 2.13. The van der Waals surface area contributed by atoms with Gasteiger partial charge in [-0.1, -0.05) is 12.7 Å². The van der Waals surface area contributed by atoms with Crippen molar-refractivity contribution >= 4 is 5.96 Å². The first-order valence-corrected chi connectivity index (χ1v) is 6.14. The van der Waals surface area contributed by atoms with Crippen molar-refractivity contribution in [3.8, 4) is 0 Å². The van der Waals surface area contributed by atoms with Crippen LogP contribution in [0.2, 0.25) is 0 Å². The van der Waals surface area contributed by atoms with E-state index in [2.05, 4.69) is 28.8 Å². The second kappa shape index (κ2) is 6.45. The molecule has 1 aliphatic heterocycles. The molecule has 17 heavy (non-hydrogen) atoms. The Bertz CT molecular complexity index is 317. The quantitative estimate of drug-likeness (QED) is 0.440. The third-order valence-electron chi connectivity index (χ3n) is 2.78. The van der Waals surface area contributed by atoms with E-state index in [0.29, 0.717) is 17.9 Å². The predicted molar refractivity (Wildman–Crippen MR) is 73.8 cm³/mol. The van der Waals surface area contributed by atoms with Crippen molar-refractivity contribution in [3.63, 3.8) is 0 Å². The smallest absolute Gasteiger partial charge is 0.193 e. The van der Waals surface area contributed by atoms with E-state index < -0.39 is 0 Å². The molecule has 0 aromatic rings. The zero-order valence-electron chi connectivity index (χ0n) is 11.1. The highest BCUT2D eigenvalue weighted by Gasteiger charge is 2.22. The molecule has 4 nitrogen and oxygen atoms in total. The minimum absolute atomic E-state index is 0.301. The third-order valence-corrected chi connectivity index (χ3v) is 2.78. The van der Waals surface area contributed by atoms with Crippen LogP contribution in [0.15, 0.2) is 29.4 Å². The SMILES string of the molecule is C=C/C=C(\N=C(/N)NC(C)C)C1CCN(C)C1. The van der Waals surface area contributed by atoms with E-state index in [9.17, 15) is 0 Å². The maximum absolute atomic E-state index is 5.86. The number of nitrogens with two attached hydrogens (primary N) is 1. The zero-order valence-corrected chi connectivity index (χ0v) is 11.1. The second-order valence-corrected chi connectivity index (χ2v) is 4.87. The summed E-state index contributed by atoms with van der Waals surface area (Å²) in [4.78, 5) is 6.78. The van der Waals surface area contributed by atoms with Crippen molar-refractivity contribution in [2.24, 2.45) is 16.6 Å². The Morgan fingerprint density at radius 3 is 2.76 bits per heavy atom. The maximum atomic E-state index is 5.86. The van der Waals surface area contributed by atoms with Crippen LogP contribution in [0.4, 0.5) is 0 Å². The summed E-state index contributed by atoms with van der Waals surface area (Å²) in [5.41, 5.74) is 6.88. The van der Waals surface area contributed by atoms with Crippen LogP contribution in [0, 0.1) is 5.92 Å². The fourth-order valence-corrected chi connectivity index (χ4v) is 2.03. The molecule has 0 amide bonds. The van der Waals surface area contributed by atoms with Gasteiger partial charge in [0.15, 0.2) is 5.96 Å². The van der Waals surface area contributed by atoms with Gasteiger partial charge in [-0.25, -0.2) is 4.99 Å². The molecule has 0 bridgehead atoms. The second-order valence-electron chi connectivity index (χ2n) is 4.87. The normalized spacial score (nSPS) is 23.2. The number of hydrogen-bond donors (Lipinski definition) is 2. The molecule has 1 atom stereocenters. The molecule has 0 spiro atoms. The van der Waals surface area contributed by atoms with Crippen molar-refractivity contribution in [2.45, 2.75) is 26.3 Å². The van der Waals surface area contributed by atoms with Gasteiger partial charge in [0.05, 0.1) is 0 Å². The molecule has 0 aromatic heterocycles. The van der Waals surface area contributed by atoms with Crippen LogP contribution in [0.25, 0.3) is 0 Å². The molecular formula is C13H24N4. The molecule has 1 rings (SSSR count). The lowest BCUT2D eigenvalue weighted by molar-refractivity contribution is 0.405.